The minimum atomic E-state index is -0.459. The molecule has 0 bridgehead atoms. The lowest BCUT2D eigenvalue weighted by Gasteiger charge is -2.34. The lowest BCUT2D eigenvalue weighted by Crippen LogP contribution is -2.56. The highest BCUT2D eigenvalue weighted by molar-refractivity contribution is 5.89. The molecule has 0 aromatic heterocycles. The number of rotatable bonds is 6. The van der Waals surface area contributed by atoms with Crippen molar-refractivity contribution < 1.29 is 9.59 Å². The average Bonchev–Trinajstić information content (AvgIpc) is 3.20. The minimum absolute atomic E-state index is 0.0715. The molecule has 0 radical (unpaired) electrons. The number of likely N-dealkylation sites (N-methyl/N-ethyl adjacent to an activating group) is 1. The van der Waals surface area contributed by atoms with E-state index in [1.807, 2.05) is 12.1 Å². The van der Waals surface area contributed by atoms with Crippen LogP contribution in [0, 0.1) is 0 Å². The minimum Gasteiger partial charge on any atom is -0.374 e. The van der Waals surface area contributed by atoms with E-state index in [1.165, 1.54) is 22.0 Å². The van der Waals surface area contributed by atoms with Crippen LogP contribution < -0.4 is 15.5 Å². The molecule has 2 aliphatic heterocycles. The van der Waals surface area contributed by atoms with Crippen LogP contribution in [-0.2, 0) is 29.1 Å². The second-order valence-electron chi connectivity index (χ2n) is 9.07. The van der Waals surface area contributed by atoms with E-state index in [0.29, 0.717) is 19.6 Å². The van der Waals surface area contributed by atoms with Gasteiger partial charge in [0.25, 0.3) is 0 Å². The number of hydrogen-bond acceptors (Lipinski definition) is 4. The summed E-state index contributed by atoms with van der Waals surface area (Å²) in [5.41, 5.74) is 4.85. The quantitative estimate of drug-likeness (QED) is 0.616. The number of hydrogen-bond donors (Lipinski definition) is 2. The zero-order valence-electron chi connectivity index (χ0n) is 19.0. The van der Waals surface area contributed by atoms with Gasteiger partial charge in [0.2, 0.25) is 11.8 Å². The average molecular weight is 443 g/mol. The fourth-order valence-electron chi connectivity index (χ4n) is 4.92. The fourth-order valence-corrected chi connectivity index (χ4v) is 4.92. The Kier molecular flexibility index (Phi) is 6.01. The predicted molar refractivity (Wildman–Crippen MR) is 131 cm³/mol. The van der Waals surface area contributed by atoms with Crippen molar-refractivity contribution in [2.45, 2.75) is 32.0 Å². The molecule has 1 fully saturated rings. The number of piperazine rings is 1. The number of anilines is 1. The Balaban J connectivity index is 1.22. The Morgan fingerprint density at radius 3 is 2.73 bits per heavy atom. The van der Waals surface area contributed by atoms with Crippen LogP contribution in [0.1, 0.15) is 23.1 Å². The molecule has 2 amide bonds. The summed E-state index contributed by atoms with van der Waals surface area (Å²) in [6.07, 6.45) is 1.20. The van der Waals surface area contributed by atoms with Crippen LogP contribution >= 0.6 is 0 Å². The highest BCUT2D eigenvalue weighted by Gasteiger charge is 2.31. The molecular weight excluding hydrogens is 412 g/mol. The summed E-state index contributed by atoms with van der Waals surface area (Å²) in [4.78, 5) is 29.8. The van der Waals surface area contributed by atoms with E-state index in [4.69, 9.17) is 0 Å². The van der Waals surface area contributed by atoms with Crippen molar-refractivity contribution in [3.05, 3.63) is 77.4 Å². The molecule has 170 valence electrons. The van der Waals surface area contributed by atoms with Gasteiger partial charge in [-0.3, -0.25) is 14.5 Å². The molecular formula is C27H30N4O2. The van der Waals surface area contributed by atoms with Gasteiger partial charge >= 0.3 is 0 Å². The number of nitrogens with one attached hydrogen (secondary N) is 2. The maximum atomic E-state index is 12.8. The first kappa shape index (κ1) is 21.5. The van der Waals surface area contributed by atoms with Crippen molar-refractivity contribution in [3.63, 3.8) is 0 Å². The summed E-state index contributed by atoms with van der Waals surface area (Å²) in [5, 5.41) is 8.33. The molecule has 3 aromatic carbocycles. The van der Waals surface area contributed by atoms with Crippen LogP contribution in [0.3, 0.4) is 0 Å². The van der Waals surface area contributed by atoms with E-state index < -0.39 is 6.04 Å². The largest absolute Gasteiger partial charge is 0.374 e. The predicted octanol–water partition coefficient (Wildman–Crippen LogP) is 2.84. The third-order valence-electron chi connectivity index (χ3n) is 6.78. The van der Waals surface area contributed by atoms with Crippen LogP contribution in [0.4, 0.5) is 5.69 Å². The van der Waals surface area contributed by atoms with Crippen LogP contribution in [0.2, 0.25) is 0 Å². The molecule has 0 unspecified atom stereocenters. The standard InChI is InChI=1S/C27H30N4O2/c1-30-12-10-23-14-19(7-9-24(23)30)17-29-26(32)16-25-27(33)28-11-13-31(25)18-20-6-8-21-4-2-3-5-22(21)15-20/h2-9,14-15,25H,10-13,16-18H2,1H3,(H,28,33)(H,29,32)/t25-/m0/s1. The third kappa shape index (κ3) is 4.71. The third-order valence-corrected chi connectivity index (χ3v) is 6.78. The van der Waals surface area contributed by atoms with Crippen LogP contribution in [0.15, 0.2) is 60.7 Å². The van der Waals surface area contributed by atoms with E-state index in [1.54, 1.807) is 0 Å². The molecule has 1 atom stereocenters. The molecule has 6 heteroatoms. The van der Waals surface area contributed by atoms with Crippen molar-refractivity contribution in [2.75, 3.05) is 31.6 Å². The van der Waals surface area contributed by atoms with E-state index in [2.05, 4.69) is 76.0 Å². The van der Waals surface area contributed by atoms with Gasteiger partial charge in [-0.1, -0.05) is 48.5 Å². The summed E-state index contributed by atoms with van der Waals surface area (Å²) in [6.45, 7) is 3.50. The number of fused-ring (bicyclic) bond motifs is 2. The summed E-state index contributed by atoms with van der Waals surface area (Å²) < 4.78 is 0. The van der Waals surface area contributed by atoms with Crippen molar-refractivity contribution in [2.24, 2.45) is 0 Å². The maximum Gasteiger partial charge on any atom is 0.237 e. The number of benzene rings is 3. The molecule has 2 aliphatic rings. The lowest BCUT2D eigenvalue weighted by molar-refractivity contribution is -0.134. The van der Waals surface area contributed by atoms with Gasteiger partial charge < -0.3 is 15.5 Å². The Hall–Kier alpha value is -3.38. The van der Waals surface area contributed by atoms with E-state index in [0.717, 1.165) is 30.6 Å². The second-order valence-corrected chi connectivity index (χ2v) is 9.07. The Morgan fingerprint density at radius 1 is 1.03 bits per heavy atom. The Bertz CT molecular complexity index is 1190. The Labute approximate surface area is 194 Å². The number of carbonyl (C=O) groups excluding carboxylic acids is 2. The highest BCUT2D eigenvalue weighted by atomic mass is 16.2. The van der Waals surface area contributed by atoms with Gasteiger partial charge in [0.05, 0.1) is 12.5 Å². The van der Waals surface area contributed by atoms with Gasteiger partial charge in [-0.05, 0) is 46.0 Å². The molecule has 0 aliphatic carbocycles. The van der Waals surface area contributed by atoms with Crippen molar-refractivity contribution in [3.8, 4) is 0 Å². The van der Waals surface area contributed by atoms with E-state index in [-0.39, 0.29) is 18.2 Å². The van der Waals surface area contributed by atoms with Gasteiger partial charge in [0.1, 0.15) is 0 Å². The number of amides is 2. The van der Waals surface area contributed by atoms with E-state index >= 15 is 0 Å². The maximum absolute atomic E-state index is 12.8. The van der Waals surface area contributed by atoms with Crippen molar-refractivity contribution in [1.82, 2.24) is 15.5 Å². The molecule has 2 N–H and O–H groups in total. The SMILES string of the molecule is CN1CCc2cc(CNC(=O)C[C@H]3C(=O)NCCN3Cc3ccc4ccccc4c3)ccc21. The topological polar surface area (TPSA) is 64.7 Å². The fraction of sp³-hybridized carbons (Fsp3) is 0.333. The summed E-state index contributed by atoms with van der Waals surface area (Å²) in [7, 11) is 2.10. The Morgan fingerprint density at radius 2 is 1.85 bits per heavy atom. The normalized spacial score (nSPS) is 18.3. The van der Waals surface area contributed by atoms with Crippen molar-refractivity contribution >= 4 is 28.3 Å². The first-order chi connectivity index (χ1) is 16.1. The number of nitrogens with zero attached hydrogens (tertiary/aromatic N) is 2. The van der Waals surface area contributed by atoms with Crippen LogP contribution in [0.5, 0.6) is 0 Å². The number of carbonyl (C=O) groups is 2. The first-order valence-electron chi connectivity index (χ1n) is 11.7. The van der Waals surface area contributed by atoms with Gasteiger partial charge in [-0.15, -0.1) is 0 Å². The summed E-state index contributed by atoms with van der Waals surface area (Å²) in [6, 6.07) is 20.6. The molecule has 0 spiro atoms. The smallest absolute Gasteiger partial charge is 0.237 e. The molecule has 0 saturated carbocycles. The second kappa shape index (κ2) is 9.24. The van der Waals surface area contributed by atoms with Gasteiger partial charge in [-0.25, -0.2) is 0 Å². The van der Waals surface area contributed by atoms with Crippen LogP contribution in [0.25, 0.3) is 10.8 Å². The van der Waals surface area contributed by atoms with E-state index in [9.17, 15) is 9.59 Å². The summed E-state index contributed by atoms with van der Waals surface area (Å²) in [5.74, 6) is -0.170. The zero-order chi connectivity index (χ0) is 22.8. The van der Waals surface area contributed by atoms with Crippen LogP contribution in [-0.4, -0.2) is 49.4 Å². The van der Waals surface area contributed by atoms with Gasteiger partial charge in [0.15, 0.2) is 0 Å². The first-order valence-corrected chi connectivity index (χ1v) is 11.7. The van der Waals surface area contributed by atoms with Crippen molar-refractivity contribution in [1.29, 1.82) is 0 Å². The molecule has 33 heavy (non-hydrogen) atoms. The van der Waals surface area contributed by atoms with Gasteiger partial charge in [0, 0.05) is 45.5 Å². The zero-order valence-corrected chi connectivity index (χ0v) is 19.0. The van der Waals surface area contributed by atoms with Gasteiger partial charge in [-0.2, -0.15) is 0 Å². The lowest BCUT2D eigenvalue weighted by atomic mass is 10.0. The monoisotopic (exact) mass is 442 g/mol. The highest BCUT2D eigenvalue weighted by Crippen LogP contribution is 2.27. The molecule has 6 nitrogen and oxygen atoms in total. The molecule has 5 rings (SSSR count). The molecule has 2 heterocycles. The summed E-state index contributed by atoms with van der Waals surface area (Å²) >= 11 is 0. The molecule has 3 aromatic rings. The molecule has 1 saturated heterocycles.